The Balaban J connectivity index is 2.41. The number of ether oxygens (including phenoxy) is 1. The zero-order chi connectivity index (χ0) is 12.2. The van der Waals surface area contributed by atoms with E-state index in [0.29, 0.717) is 24.4 Å². The van der Waals surface area contributed by atoms with E-state index in [-0.39, 0.29) is 22.2 Å². The molecule has 0 N–H and O–H groups in total. The fraction of sp³-hybridized carbons (Fsp3) is 0.444. The Labute approximate surface area is 106 Å². The fourth-order valence-electron chi connectivity index (χ4n) is 1.90. The van der Waals surface area contributed by atoms with Crippen LogP contribution in [0, 0.1) is 0 Å². The Morgan fingerprint density at radius 1 is 1.35 bits per heavy atom. The van der Waals surface area contributed by atoms with Crippen molar-refractivity contribution in [3.05, 3.63) is 20.9 Å². The predicted molar refractivity (Wildman–Crippen MR) is 62.6 cm³/mol. The van der Waals surface area contributed by atoms with Crippen LogP contribution < -0.4 is 5.69 Å². The maximum Gasteiger partial charge on any atom is 0.330 e. The molecule has 1 aliphatic rings. The van der Waals surface area contributed by atoms with Gasteiger partial charge in [0.05, 0.1) is 19.3 Å². The summed E-state index contributed by atoms with van der Waals surface area (Å²) in [5.41, 5.74) is 0.760. The number of fused-ring (bicyclic) bond motifs is 1. The summed E-state index contributed by atoms with van der Waals surface area (Å²) in [5, 5.41) is 0.209. The maximum atomic E-state index is 12.1. The molecule has 6 nitrogen and oxygen atoms in total. The van der Waals surface area contributed by atoms with E-state index < -0.39 is 0 Å². The molecule has 0 saturated carbocycles. The summed E-state index contributed by atoms with van der Waals surface area (Å²) in [6.45, 7) is 0.997. The molecule has 0 aliphatic carbocycles. The molecule has 1 fully saturated rings. The Morgan fingerprint density at radius 3 is 2.65 bits per heavy atom. The Hall–Kier alpha value is -1.11. The van der Waals surface area contributed by atoms with Gasteiger partial charge in [0, 0.05) is 7.05 Å². The van der Waals surface area contributed by atoms with Crippen molar-refractivity contribution in [1.82, 2.24) is 19.1 Å². The molecule has 0 atom stereocenters. The van der Waals surface area contributed by atoms with Crippen LogP contribution in [0.5, 0.6) is 0 Å². The van der Waals surface area contributed by atoms with E-state index >= 15 is 0 Å². The van der Waals surface area contributed by atoms with Crippen LogP contribution >= 0.6 is 23.2 Å². The first-order valence-electron chi connectivity index (χ1n) is 4.97. The average molecular weight is 275 g/mol. The van der Waals surface area contributed by atoms with Crippen LogP contribution in [0.4, 0.5) is 0 Å². The second-order valence-electron chi connectivity index (χ2n) is 3.86. The smallest absolute Gasteiger partial charge is 0.330 e. The van der Waals surface area contributed by atoms with Gasteiger partial charge < -0.3 is 4.74 Å². The van der Waals surface area contributed by atoms with Gasteiger partial charge in [-0.25, -0.2) is 9.78 Å². The summed E-state index contributed by atoms with van der Waals surface area (Å²) in [6.07, 6.45) is 0. The van der Waals surface area contributed by atoms with Crippen LogP contribution in [-0.2, 0) is 11.8 Å². The molecule has 2 aromatic rings. The molecule has 0 spiro atoms. The van der Waals surface area contributed by atoms with Crippen molar-refractivity contribution in [2.75, 3.05) is 13.2 Å². The molecule has 0 unspecified atom stereocenters. The first kappa shape index (κ1) is 11.0. The van der Waals surface area contributed by atoms with Crippen LogP contribution in [0.1, 0.15) is 6.04 Å². The van der Waals surface area contributed by atoms with Gasteiger partial charge in [-0.15, -0.1) is 0 Å². The van der Waals surface area contributed by atoms with Crippen molar-refractivity contribution in [1.29, 1.82) is 0 Å². The van der Waals surface area contributed by atoms with Crippen molar-refractivity contribution in [2.45, 2.75) is 6.04 Å². The van der Waals surface area contributed by atoms with Gasteiger partial charge in [0.1, 0.15) is 5.52 Å². The summed E-state index contributed by atoms with van der Waals surface area (Å²) in [5.74, 6) is 0. The largest absolute Gasteiger partial charge is 0.377 e. The SMILES string of the molecule is Cn1c(=O)n(C2COC2)c2nc(Cl)nc(Cl)c21. The van der Waals surface area contributed by atoms with Gasteiger partial charge in [-0.05, 0) is 11.6 Å². The lowest BCUT2D eigenvalue weighted by molar-refractivity contribution is -0.0233. The fourth-order valence-corrected chi connectivity index (χ4v) is 2.40. The van der Waals surface area contributed by atoms with Gasteiger partial charge in [-0.2, -0.15) is 4.98 Å². The van der Waals surface area contributed by atoms with Gasteiger partial charge in [-0.1, -0.05) is 11.6 Å². The number of imidazole rings is 1. The highest BCUT2D eigenvalue weighted by molar-refractivity contribution is 6.35. The van der Waals surface area contributed by atoms with Crippen molar-refractivity contribution in [3.63, 3.8) is 0 Å². The molecule has 3 heterocycles. The third kappa shape index (κ3) is 1.48. The maximum absolute atomic E-state index is 12.1. The second kappa shape index (κ2) is 3.69. The van der Waals surface area contributed by atoms with Crippen LogP contribution in [0.2, 0.25) is 10.4 Å². The van der Waals surface area contributed by atoms with Crippen LogP contribution in [-0.4, -0.2) is 32.3 Å². The van der Waals surface area contributed by atoms with Gasteiger partial charge in [0.15, 0.2) is 10.8 Å². The lowest BCUT2D eigenvalue weighted by Crippen LogP contribution is -2.37. The number of hydrogen-bond donors (Lipinski definition) is 0. The first-order valence-corrected chi connectivity index (χ1v) is 5.73. The van der Waals surface area contributed by atoms with Crippen LogP contribution in [0.25, 0.3) is 11.2 Å². The second-order valence-corrected chi connectivity index (χ2v) is 4.55. The molecule has 1 aliphatic heterocycles. The zero-order valence-electron chi connectivity index (χ0n) is 8.85. The van der Waals surface area contributed by atoms with E-state index in [1.54, 1.807) is 11.6 Å². The molecule has 0 radical (unpaired) electrons. The van der Waals surface area contributed by atoms with Crippen molar-refractivity contribution in [3.8, 4) is 0 Å². The number of aromatic nitrogens is 4. The summed E-state index contributed by atoms with van der Waals surface area (Å²) in [7, 11) is 1.63. The summed E-state index contributed by atoms with van der Waals surface area (Å²) in [6, 6.07) is -0.00627. The van der Waals surface area contributed by atoms with E-state index in [1.165, 1.54) is 4.57 Å². The quantitative estimate of drug-likeness (QED) is 0.575. The van der Waals surface area contributed by atoms with Crippen molar-refractivity contribution >= 4 is 34.4 Å². The minimum absolute atomic E-state index is 0.00627. The van der Waals surface area contributed by atoms with Crippen molar-refractivity contribution in [2.24, 2.45) is 7.05 Å². The monoisotopic (exact) mass is 274 g/mol. The predicted octanol–water partition coefficient (Wildman–Crippen LogP) is 1.01. The highest BCUT2D eigenvalue weighted by Gasteiger charge is 2.27. The standard InChI is InChI=1S/C9H8Cl2N4O2/c1-14-5-6(10)12-8(11)13-7(5)15(9(14)16)4-2-17-3-4/h4H,2-3H2,1H3. The van der Waals surface area contributed by atoms with Crippen LogP contribution in [0.3, 0.4) is 0 Å². The lowest BCUT2D eigenvalue weighted by atomic mass is 10.2. The van der Waals surface area contributed by atoms with Gasteiger partial charge in [0.2, 0.25) is 5.28 Å². The molecule has 1 saturated heterocycles. The summed E-state index contributed by atoms with van der Waals surface area (Å²) in [4.78, 5) is 20.0. The van der Waals surface area contributed by atoms with E-state index in [4.69, 9.17) is 27.9 Å². The number of rotatable bonds is 1. The molecule has 8 heteroatoms. The number of hydrogen-bond acceptors (Lipinski definition) is 4. The number of aryl methyl sites for hydroxylation is 1. The Morgan fingerprint density at radius 2 is 2.06 bits per heavy atom. The van der Waals surface area contributed by atoms with Crippen LogP contribution in [0.15, 0.2) is 4.79 Å². The lowest BCUT2D eigenvalue weighted by Gasteiger charge is -2.26. The zero-order valence-corrected chi connectivity index (χ0v) is 10.4. The molecular weight excluding hydrogens is 267 g/mol. The Kier molecular flexibility index (Phi) is 2.39. The third-order valence-corrected chi connectivity index (χ3v) is 3.27. The van der Waals surface area contributed by atoms with E-state index in [0.717, 1.165) is 0 Å². The van der Waals surface area contributed by atoms with Gasteiger partial charge in [0.25, 0.3) is 0 Å². The average Bonchev–Trinajstić information content (AvgIpc) is 2.41. The number of nitrogens with zero attached hydrogens (tertiary/aromatic N) is 4. The molecule has 90 valence electrons. The molecule has 0 aromatic carbocycles. The van der Waals surface area contributed by atoms with E-state index in [2.05, 4.69) is 9.97 Å². The molecular formula is C9H8Cl2N4O2. The number of halogens is 2. The molecule has 0 bridgehead atoms. The highest BCUT2D eigenvalue weighted by atomic mass is 35.5. The molecule has 2 aromatic heterocycles. The molecule has 3 rings (SSSR count). The first-order chi connectivity index (χ1) is 8.09. The summed E-state index contributed by atoms with van der Waals surface area (Å²) >= 11 is 11.7. The third-order valence-electron chi connectivity index (χ3n) is 2.84. The van der Waals surface area contributed by atoms with E-state index in [9.17, 15) is 4.79 Å². The Bertz CT molecular complexity index is 659. The summed E-state index contributed by atoms with van der Waals surface area (Å²) < 4.78 is 8.06. The van der Waals surface area contributed by atoms with Gasteiger partial charge >= 0.3 is 5.69 Å². The molecule has 0 amide bonds. The highest BCUT2D eigenvalue weighted by Crippen LogP contribution is 2.25. The van der Waals surface area contributed by atoms with Crippen molar-refractivity contribution < 1.29 is 4.74 Å². The minimum Gasteiger partial charge on any atom is -0.377 e. The van der Waals surface area contributed by atoms with E-state index in [1.807, 2.05) is 0 Å². The molecule has 17 heavy (non-hydrogen) atoms. The minimum atomic E-state index is -0.188. The van der Waals surface area contributed by atoms with Gasteiger partial charge in [-0.3, -0.25) is 9.13 Å². The normalized spacial score (nSPS) is 16.4. The topological polar surface area (TPSA) is 61.9 Å².